The molecule has 158 valence electrons. The van der Waals surface area contributed by atoms with Crippen molar-refractivity contribution in [1.82, 2.24) is 24.8 Å². The van der Waals surface area contributed by atoms with Crippen LogP contribution < -0.4 is 20.9 Å². The highest BCUT2D eigenvalue weighted by molar-refractivity contribution is 7.16. The normalized spacial score (nSPS) is 16.7. The molecule has 0 aliphatic carbocycles. The quantitative estimate of drug-likeness (QED) is 0.653. The monoisotopic (exact) mass is 427 g/mol. The van der Waals surface area contributed by atoms with Gasteiger partial charge in [-0.3, -0.25) is 0 Å². The Hall–Kier alpha value is -3.21. The van der Waals surface area contributed by atoms with Gasteiger partial charge in [-0.05, 0) is 26.0 Å². The van der Waals surface area contributed by atoms with Crippen LogP contribution in [0.3, 0.4) is 0 Å². The zero-order valence-corrected chi connectivity index (χ0v) is 18.3. The number of thiazole rings is 1. The van der Waals surface area contributed by atoms with Gasteiger partial charge in [0.05, 0.1) is 16.9 Å². The van der Waals surface area contributed by atoms with E-state index in [9.17, 15) is 4.79 Å². The number of carbonyl (C=O) groups excluding carboxylic acids is 1. The van der Waals surface area contributed by atoms with Crippen molar-refractivity contribution in [3.63, 3.8) is 0 Å². The van der Waals surface area contributed by atoms with Crippen LogP contribution in [-0.4, -0.2) is 70.6 Å². The molecule has 0 spiro atoms. The molecule has 10 nitrogen and oxygen atoms in total. The molecular formula is C19H25N9OS. The van der Waals surface area contributed by atoms with E-state index < -0.39 is 0 Å². The second-order valence-electron chi connectivity index (χ2n) is 7.53. The fourth-order valence-electron chi connectivity index (χ4n) is 3.54. The Bertz CT molecular complexity index is 1080. The number of aromatic nitrogens is 4. The number of hydrogen-bond acceptors (Lipinski definition) is 9. The second kappa shape index (κ2) is 7.90. The number of nitrogen functional groups attached to an aromatic ring is 1. The summed E-state index contributed by atoms with van der Waals surface area (Å²) in [5.41, 5.74) is 9.88. The van der Waals surface area contributed by atoms with Gasteiger partial charge in [0.15, 0.2) is 10.6 Å². The van der Waals surface area contributed by atoms with E-state index in [1.54, 1.807) is 5.51 Å². The number of piperazine rings is 1. The molecule has 3 aromatic rings. The van der Waals surface area contributed by atoms with E-state index in [2.05, 4.69) is 37.1 Å². The fourth-order valence-corrected chi connectivity index (χ4v) is 4.20. The van der Waals surface area contributed by atoms with E-state index >= 15 is 0 Å². The summed E-state index contributed by atoms with van der Waals surface area (Å²) >= 11 is 1.44. The predicted octanol–water partition coefficient (Wildman–Crippen LogP) is 2.18. The van der Waals surface area contributed by atoms with Gasteiger partial charge in [-0.25, -0.2) is 19.7 Å². The van der Waals surface area contributed by atoms with Crippen molar-refractivity contribution in [3.8, 4) is 0 Å². The molecule has 1 unspecified atom stereocenters. The molecule has 3 aromatic heterocycles. The average molecular weight is 428 g/mol. The Morgan fingerprint density at radius 2 is 2.07 bits per heavy atom. The van der Waals surface area contributed by atoms with Crippen LogP contribution >= 0.6 is 11.3 Å². The van der Waals surface area contributed by atoms with Crippen LogP contribution in [0.15, 0.2) is 17.6 Å². The summed E-state index contributed by atoms with van der Waals surface area (Å²) in [7, 11) is 3.87. The highest BCUT2D eigenvalue weighted by atomic mass is 32.1. The molecule has 1 saturated heterocycles. The summed E-state index contributed by atoms with van der Waals surface area (Å²) in [4.78, 5) is 37.1. The number of rotatable bonds is 3. The number of nitrogens with one attached hydrogen (secondary N) is 1. The third kappa shape index (κ3) is 3.80. The Balaban J connectivity index is 1.46. The summed E-state index contributed by atoms with van der Waals surface area (Å²) < 4.78 is 0. The van der Waals surface area contributed by atoms with Crippen LogP contribution in [0.25, 0.3) is 10.3 Å². The van der Waals surface area contributed by atoms with Gasteiger partial charge in [-0.15, -0.1) is 11.3 Å². The SMILES string of the molecule is Cc1nc(N(C)C)ccc1NC(=O)N1CCN(c2nc(N)nc3scnc23)C(C)C1. The van der Waals surface area contributed by atoms with Crippen molar-refractivity contribution in [3.05, 3.63) is 23.3 Å². The number of nitrogens with zero attached hydrogens (tertiary/aromatic N) is 7. The van der Waals surface area contributed by atoms with E-state index in [4.69, 9.17) is 5.73 Å². The minimum absolute atomic E-state index is 0.0547. The summed E-state index contributed by atoms with van der Waals surface area (Å²) in [6.07, 6.45) is 0. The average Bonchev–Trinajstić information content (AvgIpc) is 3.17. The third-order valence-electron chi connectivity index (χ3n) is 5.15. The van der Waals surface area contributed by atoms with Gasteiger partial charge in [0.25, 0.3) is 0 Å². The molecule has 1 aliphatic heterocycles. The van der Waals surface area contributed by atoms with E-state index in [0.717, 1.165) is 27.7 Å². The molecule has 3 N–H and O–H groups in total. The largest absolute Gasteiger partial charge is 0.368 e. The topological polar surface area (TPSA) is 116 Å². The minimum Gasteiger partial charge on any atom is -0.368 e. The number of hydrogen-bond donors (Lipinski definition) is 2. The van der Waals surface area contributed by atoms with Gasteiger partial charge >= 0.3 is 6.03 Å². The molecule has 1 fully saturated rings. The lowest BCUT2D eigenvalue weighted by Gasteiger charge is -2.40. The van der Waals surface area contributed by atoms with Crippen LogP contribution in [0, 0.1) is 6.92 Å². The molecule has 1 aliphatic rings. The van der Waals surface area contributed by atoms with Gasteiger partial charge < -0.3 is 25.8 Å². The molecule has 0 aromatic carbocycles. The minimum atomic E-state index is -0.134. The van der Waals surface area contributed by atoms with E-state index in [1.807, 2.05) is 43.0 Å². The first-order valence-corrected chi connectivity index (χ1v) is 10.6. The number of carbonyl (C=O) groups is 1. The van der Waals surface area contributed by atoms with E-state index in [1.165, 1.54) is 11.3 Å². The van der Waals surface area contributed by atoms with Gasteiger partial charge in [-0.2, -0.15) is 4.98 Å². The Morgan fingerprint density at radius 1 is 1.27 bits per heavy atom. The first kappa shape index (κ1) is 20.1. The maximum Gasteiger partial charge on any atom is 0.322 e. The number of amides is 2. The molecule has 2 amide bonds. The maximum atomic E-state index is 12.9. The maximum absolute atomic E-state index is 12.9. The number of anilines is 4. The second-order valence-corrected chi connectivity index (χ2v) is 8.36. The van der Waals surface area contributed by atoms with Crippen LogP contribution in [0.4, 0.5) is 28.1 Å². The van der Waals surface area contributed by atoms with Crippen LogP contribution in [-0.2, 0) is 0 Å². The number of pyridine rings is 1. The van der Waals surface area contributed by atoms with Gasteiger partial charge in [0.2, 0.25) is 5.95 Å². The predicted molar refractivity (Wildman–Crippen MR) is 120 cm³/mol. The van der Waals surface area contributed by atoms with Crippen molar-refractivity contribution >= 4 is 51.0 Å². The molecule has 0 bridgehead atoms. The molecule has 4 heterocycles. The summed E-state index contributed by atoms with van der Waals surface area (Å²) in [5, 5.41) is 2.99. The Morgan fingerprint density at radius 3 is 2.77 bits per heavy atom. The van der Waals surface area contributed by atoms with Gasteiger partial charge in [-0.1, -0.05) is 0 Å². The smallest absolute Gasteiger partial charge is 0.322 e. The lowest BCUT2D eigenvalue weighted by atomic mass is 10.2. The van der Waals surface area contributed by atoms with Crippen molar-refractivity contribution < 1.29 is 4.79 Å². The highest BCUT2D eigenvalue weighted by Crippen LogP contribution is 2.29. The van der Waals surface area contributed by atoms with Crippen molar-refractivity contribution in [2.75, 3.05) is 54.6 Å². The Kier molecular flexibility index (Phi) is 5.29. The van der Waals surface area contributed by atoms with Crippen molar-refractivity contribution in [2.45, 2.75) is 19.9 Å². The molecule has 1 atom stereocenters. The molecular weight excluding hydrogens is 402 g/mol. The van der Waals surface area contributed by atoms with Gasteiger partial charge in [0, 0.05) is 39.8 Å². The third-order valence-corrected chi connectivity index (χ3v) is 5.87. The molecule has 0 radical (unpaired) electrons. The van der Waals surface area contributed by atoms with Crippen molar-refractivity contribution in [2.24, 2.45) is 0 Å². The summed E-state index contributed by atoms with van der Waals surface area (Å²) in [6, 6.07) is 3.70. The first-order chi connectivity index (χ1) is 14.3. The number of nitrogens with two attached hydrogens (primary N) is 1. The number of fused-ring (bicyclic) bond motifs is 1. The van der Waals surface area contributed by atoms with E-state index in [0.29, 0.717) is 25.3 Å². The number of urea groups is 1. The highest BCUT2D eigenvalue weighted by Gasteiger charge is 2.30. The molecule has 30 heavy (non-hydrogen) atoms. The standard InChI is InChI=1S/C19H25N9OS/c1-11-9-27(19(29)23-13-5-6-14(26(3)4)22-12(13)2)7-8-28(11)16-15-17(30-10-21-15)25-18(20)24-16/h5-6,10-11H,7-9H2,1-4H3,(H,23,29)(H2,20,24,25). The lowest BCUT2D eigenvalue weighted by Crippen LogP contribution is -2.55. The van der Waals surface area contributed by atoms with E-state index in [-0.39, 0.29) is 18.0 Å². The van der Waals surface area contributed by atoms with Crippen LogP contribution in [0.1, 0.15) is 12.6 Å². The summed E-state index contributed by atoms with van der Waals surface area (Å²) in [5.74, 6) is 1.81. The zero-order valence-electron chi connectivity index (χ0n) is 17.5. The molecule has 0 saturated carbocycles. The first-order valence-electron chi connectivity index (χ1n) is 9.67. The van der Waals surface area contributed by atoms with Crippen LogP contribution in [0.2, 0.25) is 0 Å². The van der Waals surface area contributed by atoms with Crippen molar-refractivity contribution in [1.29, 1.82) is 0 Å². The van der Waals surface area contributed by atoms with Gasteiger partial charge in [0.1, 0.15) is 11.3 Å². The molecule has 4 rings (SSSR count). The number of aryl methyl sites for hydroxylation is 1. The Labute approximate surface area is 178 Å². The zero-order chi connectivity index (χ0) is 21.4. The van der Waals surface area contributed by atoms with Crippen LogP contribution in [0.5, 0.6) is 0 Å². The molecule has 11 heteroatoms. The lowest BCUT2D eigenvalue weighted by molar-refractivity contribution is 0.200. The fraction of sp³-hybridized carbons (Fsp3) is 0.421. The summed E-state index contributed by atoms with van der Waals surface area (Å²) in [6.45, 7) is 5.71.